The minimum atomic E-state index is 0.624. The zero-order valence-corrected chi connectivity index (χ0v) is 12.5. The van der Waals surface area contributed by atoms with Crippen LogP contribution >= 0.6 is 11.6 Å². The molecule has 0 atom stereocenters. The number of benzene rings is 1. The molecule has 1 aliphatic carbocycles. The number of nitrogens with zero attached hydrogens (tertiary/aromatic N) is 1. The minimum Gasteiger partial charge on any atom is -0.382 e. The van der Waals surface area contributed by atoms with Gasteiger partial charge in [-0.1, -0.05) is 25.4 Å². The Labute approximate surface area is 115 Å². The maximum atomic E-state index is 6.27. The van der Waals surface area contributed by atoms with Crippen LogP contribution in [0.5, 0.6) is 0 Å². The highest BCUT2D eigenvalue weighted by molar-refractivity contribution is 6.33. The summed E-state index contributed by atoms with van der Waals surface area (Å²) in [7, 11) is 4.01. The van der Waals surface area contributed by atoms with Crippen LogP contribution < -0.4 is 10.2 Å². The molecule has 3 heteroatoms. The monoisotopic (exact) mass is 266 g/mol. The molecule has 1 aromatic rings. The smallest absolute Gasteiger partial charge is 0.0659 e. The molecule has 100 valence electrons. The highest BCUT2D eigenvalue weighted by Gasteiger charge is 2.30. The number of hydrogen-bond donors (Lipinski definition) is 1. The Morgan fingerprint density at radius 2 is 1.94 bits per heavy atom. The molecular formula is C15H23ClN2. The topological polar surface area (TPSA) is 15.3 Å². The van der Waals surface area contributed by atoms with Crippen molar-refractivity contribution < 1.29 is 0 Å². The maximum absolute atomic E-state index is 6.27. The van der Waals surface area contributed by atoms with Gasteiger partial charge in [0, 0.05) is 25.8 Å². The average molecular weight is 267 g/mol. The van der Waals surface area contributed by atoms with E-state index < -0.39 is 0 Å². The molecule has 1 aliphatic rings. The van der Waals surface area contributed by atoms with Crippen molar-refractivity contribution in [2.75, 3.05) is 24.3 Å². The van der Waals surface area contributed by atoms with E-state index >= 15 is 0 Å². The summed E-state index contributed by atoms with van der Waals surface area (Å²) in [6.07, 6.45) is 2.56. The van der Waals surface area contributed by atoms with Gasteiger partial charge < -0.3 is 10.2 Å². The summed E-state index contributed by atoms with van der Waals surface area (Å²) in [5.74, 6) is 1.70. The van der Waals surface area contributed by atoms with Crippen molar-refractivity contribution in [3.05, 3.63) is 23.2 Å². The Morgan fingerprint density at radius 1 is 1.28 bits per heavy atom. The number of nitrogens with one attached hydrogen (secondary N) is 1. The predicted molar refractivity (Wildman–Crippen MR) is 80.8 cm³/mol. The lowest BCUT2D eigenvalue weighted by Gasteiger charge is -2.39. The standard InChI is InChI=1S/C15H23ClN2/c1-10(2)11-7-13(8-11)17-12-5-6-15(18(3)4)14(16)9-12/h5-6,9-11,13,17H,7-8H2,1-4H3. The fourth-order valence-electron chi connectivity index (χ4n) is 2.52. The summed E-state index contributed by atoms with van der Waals surface area (Å²) in [6, 6.07) is 6.84. The van der Waals surface area contributed by atoms with Crippen molar-refractivity contribution in [3.63, 3.8) is 0 Å². The summed E-state index contributed by atoms with van der Waals surface area (Å²) in [5, 5.41) is 4.38. The van der Waals surface area contributed by atoms with E-state index in [2.05, 4.69) is 31.3 Å². The van der Waals surface area contributed by atoms with Gasteiger partial charge in [0.25, 0.3) is 0 Å². The third-order valence-electron chi connectivity index (χ3n) is 3.92. The van der Waals surface area contributed by atoms with E-state index in [1.165, 1.54) is 12.8 Å². The lowest BCUT2D eigenvalue weighted by molar-refractivity contribution is 0.212. The van der Waals surface area contributed by atoms with Crippen LogP contribution in [0, 0.1) is 11.8 Å². The molecule has 0 saturated heterocycles. The highest BCUT2D eigenvalue weighted by Crippen LogP contribution is 2.36. The summed E-state index contributed by atoms with van der Waals surface area (Å²) < 4.78 is 0. The molecule has 0 heterocycles. The van der Waals surface area contributed by atoms with Crippen LogP contribution in [0.4, 0.5) is 11.4 Å². The van der Waals surface area contributed by atoms with Crippen LogP contribution in [-0.4, -0.2) is 20.1 Å². The summed E-state index contributed by atoms with van der Waals surface area (Å²) >= 11 is 6.27. The summed E-state index contributed by atoms with van der Waals surface area (Å²) in [6.45, 7) is 4.62. The number of hydrogen-bond acceptors (Lipinski definition) is 2. The summed E-state index contributed by atoms with van der Waals surface area (Å²) in [4.78, 5) is 2.03. The van der Waals surface area contributed by atoms with E-state index in [9.17, 15) is 0 Å². The first-order chi connectivity index (χ1) is 8.47. The van der Waals surface area contributed by atoms with E-state index in [1.807, 2.05) is 25.1 Å². The van der Waals surface area contributed by atoms with Gasteiger partial charge in [-0.25, -0.2) is 0 Å². The van der Waals surface area contributed by atoms with Crippen molar-refractivity contribution in [1.82, 2.24) is 0 Å². The van der Waals surface area contributed by atoms with Gasteiger partial charge in [-0.15, -0.1) is 0 Å². The van der Waals surface area contributed by atoms with Crippen molar-refractivity contribution in [2.45, 2.75) is 32.7 Å². The molecule has 0 unspecified atom stereocenters. The van der Waals surface area contributed by atoms with E-state index in [4.69, 9.17) is 11.6 Å². The first-order valence-corrected chi connectivity index (χ1v) is 7.08. The van der Waals surface area contributed by atoms with E-state index in [0.717, 1.165) is 28.2 Å². The minimum absolute atomic E-state index is 0.624. The van der Waals surface area contributed by atoms with E-state index in [0.29, 0.717) is 6.04 Å². The Morgan fingerprint density at radius 3 is 2.44 bits per heavy atom. The van der Waals surface area contributed by atoms with Gasteiger partial charge in [-0.2, -0.15) is 0 Å². The molecule has 0 bridgehead atoms. The van der Waals surface area contributed by atoms with Crippen LogP contribution in [0.3, 0.4) is 0 Å². The molecule has 18 heavy (non-hydrogen) atoms. The second kappa shape index (κ2) is 5.40. The first kappa shape index (κ1) is 13.5. The van der Waals surface area contributed by atoms with Crippen molar-refractivity contribution in [1.29, 1.82) is 0 Å². The number of rotatable bonds is 4. The van der Waals surface area contributed by atoms with Gasteiger partial charge in [0.1, 0.15) is 0 Å². The molecule has 2 rings (SSSR count). The maximum Gasteiger partial charge on any atom is 0.0659 e. The molecule has 2 nitrogen and oxygen atoms in total. The lowest BCUT2D eigenvalue weighted by atomic mass is 9.73. The van der Waals surface area contributed by atoms with Gasteiger partial charge in [0.2, 0.25) is 0 Å². The molecule has 0 spiro atoms. The van der Waals surface area contributed by atoms with Gasteiger partial charge in [0.05, 0.1) is 10.7 Å². The second-order valence-corrected chi connectivity index (χ2v) is 6.28. The Balaban J connectivity index is 1.94. The zero-order chi connectivity index (χ0) is 13.3. The van der Waals surface area contributed by atoms with E-state index in [-0.39, 0.29) is 0 Å². The molecule has 0 amide bonds. The Hall–Kier alpha value is -0.890. The molecule has 1 saturated carbocycles. The number of halogens is 1. The largest absolute Gasteiger partial charge is 0.382 e. The van der Waals surface area contributed by atoms with Gasteiger partial charge in [-0.05, 0) is 42.9 Å². The third kappa shape index (κ3) is 2.92. The quantitative estimate of drug-likeness (QED) is 0.876. The Bertz CT molecular complexity index is 409. The fraction of sp³-hybridized carbons (Fsp3) is 0.600. The Kier molecular flexibility index (Phi) is 4.06. The van der Waals surface area contributed by atoms with Crippen LogP contribution in [0.1, 0.15) is 26.7 Å². The molecule has 0 radical (unpaired) electrons. The third-order valence-corrected chi connectivity index (χ3v) is 4.22. The van der Waals surface area contributed by atoms with Crippen LogP contribution in [0.15, 0.2) is 18.2 Å². The fourth-order valence-corrected chi connectivity index (χ4v) is 2.87. The van der Waals surface area contributed by atoms with Gasteiger partial charge >= 0.3 is 0 Å². The van der Waals surface area contributed by atoms with Crippen molar-refractivity contribution >= 4 is 23.0 Å². The second-order valence-electron chi connectivity index (χ2n) is 5.88. The molecule has 1 aromatic carbocycles. The van der Waals surface area contributed by atoms with E-state index in [1.54, 1.807) is 0 Å². The lowest BCUT2D eigenvalue weighted by Crippen LogP contribution is -2.37. The molecular weight excluding hydrogens is 244 g/mol. The summed E-state index contributed by atoms with van der Waals surface area (Å²) in [5.41, 5.74) is 2.20. The first-order valence-electron chi connectivity index (χ1n) is 6.70. The van der Waals surface area contributed by atoms with Crippen molar-refractivity contribution in [2.24, 2.45) is 11.8 Å². The SMILES string of the molecule is CC(C)C1CC(Nc2ccc(N(C)C)c(Cl)c2)C1. The molecule has 1 N–H and O–H groups in total. The average Bonchev–Trinajstić information content (AvgIpc) is 2.21. The number of anilines is 2. The normalized spacial score (nSPS) is 22.8. The van der Waals surface area contributed by atoms with Gasteiger partial charge in [0.15, 0.2) is 0 Å². The van der Waals surface area contributed by atoms with Crippen LogP contribution in [0.25, 0.3) is 0 Å². The highest BCUT2D eigenvalue weighted by atomic mass is 35.5. The molecule has 1 fully saturated rings. The zero-order valence-electron chi connectivity index (χ0n) is 11.7. The van der Waals surface area contributed by atoms with Crippen LogP contribution in [-0.2, 0) is 0 Å². The van der Waals surface area contributed by atoms with Crippen molar-refractivity contribution in [3.8, 4) is 0 Å². The van der Waals surface area contributed by atoms with Gasteiger partial charge in [-0.3, -0.25) is 0 Å². The predicted octanol–water partition coefficient (Wildman–Crippen LogP) is 4.25. The van der Waals surface area contributed by atoms with Crippen LogP contribution in [0.2, 0.25) is 5.02 Å². The molecule has 0 aliphatic heterocycles. The molecule has 0 aromatic heterocycles.